The predicted octanol–water partition coefficient (Wildman–Crippen LogP) is 5.49. The maximum atomic E-state index is 12.0. The van der Waals surface area contributed by atoms with Gasteiger partial charge in [0.2, 0.25) is 0 Å². The molecule has 0 saturated carbocycles. The zero-order valence-corrected chi connectivity index (χ0v) is 30.6. The number of fused-ring (bicyclic) bond motifs is 2. The number of aliphatic hydroxyl groups excluding tert-OH is 1. The van der Waals surface area contributed by atoms with Crippen molar-refractivity contribution in [3.8, 4) is 5.75 Å². The summed E-state index contributed by atoms with van der Waals surface area (Å²) in [6.07, 6.45) is 0.246. The third-order valence-electron chi connectivity index (χ3n) is 10.4. The number of ether oxygens (including phenoxy) is 9. The van der Waals surface area contributed by atoms with E-state index in [2.05, 4.69) is 13.5 Å². The lowest BCUT2D eigenvalue weighted by Gasteiger charge is -2.51. The average Bonchev–Trinajstić information content (AvgIpc) is 3.27. The lowest BCUT2D eigenvalue weighted by atomic mass is 9.80. The fraction of sp³-hybridized carbons (Fsp3) is 0.763. The highest BCUT2D eigenvalue weighted by Gasteiger charge is 2.52. The summed E-state index contributed by atoms with van der Waals surface area (Å²) < 4.78 is 55.3. The first-order chi connectivity index (χ1) is 23.1. The van der Waals surface area contributed by atoms with Gasteiger partial charge in [0.05, 0.1) is 88.8 Å². The summed E-state index contributed by atoms with van der Waals surface area (Å²) in [5.41, 5.74) is 1.15. The van der Waals surface area contributed by atoms with E-state index in [4.69, 9.17) is 42.6 Å². The normalized spacial score (nSPS) is 34.9. The fourth-order valence-electron chi connectivity index (χ4n) is 7.76. The molecule has 4 heterocycles. The third kappa shape index (κ3) is 9.43. The van der Waals surface area contributed by atoms with Crippen LogP contribution in [0.2, 0.25) is 0 Å². The number of hydrogen-bond acceptors (Lipinski definition) is 11. The SMILES string of the molecule is C=C(C(O)C[C@@H]1O[C@H]2C[C@H]3OC(C)(C)OCC[C@H]3O[C@H]2[C@H](C)[C@H]1OCc1ccc(OC)cc1)[C@H](C)CC1(CCC(=O)OC)OCC(C)(C)O1. The standard InChI is InChI=1S/C38H58O11/c1-23(20-38(16-14-33(40)42-9)45-22-36(4,5)49-38)24(2)28(39)18-31-34(43-21-26-10-12-27(41-8)13-11-26)25(3)35-32(46-31)19-30-29(47-35)15-17-44-37(6,7)48-30/h10-13,23,25,28-32,34-35,39H,2,14-22H2,1,3-9H3/t23-,25-,28?,29-,30-,31+,32+,34-,35+,38?/m1/s1. The molecule has 5 rings (SSSR count). The molecular formula is C38H58O11. The van der Waals surface area contributed by atoms with Crippen molar-refractivity contribution in [3.63, 3.8) is 0 Å². The average molecular weight is 691 g/mol. The van der Waals surface area contributed by atoms with Crippen molar-refractivity contribution in [2.75, 3.05) is 27.4 Å². The monoisotopic (exact) mass is 690 g/mol. The summed E-state index contributed by atoms with van der Waals surface area (Å²) in [6.45, 7) is 17.6. The first-order valence-electron chi connectivity index (χ1n) is 17.8. The molecule has 0 aromatic heterocycles. The van der Waals surface area contributed by atoms with E-state index in [0.717, 1.165) is 17.7 Å². The van der Waals surface area contributed by atoms with Gasteiger partial charge in [-0.3, -0.25) is 4.79 Å². The Kier molecular flexibility index (Phi) is 12.2. The van der Waals surface area contributed by atoms with Gasteiger partial charge in [-0.05, 0) is 63.3 Å². The summed E-state index contributed by atoms with van der Waals surface area (Å²) in [5, 5.41) is 11.7. The van der Waals surface area contributed by atoms with Crippen LogP contribution in [0.15, 0.2) is 36.4 Å². The molecule has 11 heteroatoms. The van der Waals surface area contributed by atoms with E-state index in [-0.39, 0.29) is 61.2 Å². The third-order valence-corrected chi connectivity index (χ3v) is 10.4. The van der Waals surface area contributed by atoms with Crippen molar-refractivity contribution in [1.29, 1.82) is 0 Å². The molecule has 49 heavy (non-hydrogen) atoms. The Balaban J connectivity index is 1.31. The maximum absolute atomic E-state index is 12.0. The van der Waals surface area contributed by atoms with Gasteiger partial charge in [-0.15, -0.1) is 0 Å². The van der Waals surface area contributed by atoms with Crippen molar-refractivity contribution < 1.29 is 52.5 Å². The minimum Gasteiger partial charge on any atom is -0.497 e. The molecule has 4 saturated heterocycles. The van der Waals surface area contributed by atoms with Gasteiger partial charge in [0, 0.05) is 31.6 Å². The fourth-order valence-corrected chi connectivity index (χ4v) is 7.76. The van der Waals surface area contributed by atoms with E-state index >= 15 is 0 Å². The van der Waals surface area contributed by atoms with Crippen LogP contribution >= 0.6 is 0 Å². The van der Waals surface area contributed by atoms with Gasteiger partial charge >= 0.3 is 5.97 Å². The molecule has 1 N–H and O–H groups in total. The quantitative estimate of drug-likeness (QED) is 0.209. The number of carbonyl (C=O) groups is 1. The lowest BCUT2D eigenvalue weighted by Crippen LogP contribution is -2.61. The number of carbonyl (C=O) groups excluding carboxylic acids is 1. The van der Waals surface area contributed by atoms with Crippen molar-refractivity contribution in [2.24, 2.45) is 11.8 Å². The highest BCUT2D eigenvalue weighted by molar-refractivity contribution is 5.69. The molecule has 0 bridgehead atoms. The Bertz CT molecular complexity index is 1260. The van der Waals surface area contributed by atoms with Gasteiger partial charge in [-0.25, -0.2) is 0 Å². The second-order valence-electron chi connectivity index (χ2n) is 15.3. The molecule has 4 aliphatic heterocycles. The van der Waals surface area contributed by atoms with Gasteiger partial charge in [0.1, 0.15) is 5.75 Å². The van der Waals surface area contributed by atoms with Crippen molar-refractivity contribution >= 4 is 5.97 Å². The van der Waals surface area contributed by atoms with Crippen LogP contribution in [-0.4, -0.2) is 98.4 Å². The van der Waals surface area contributed by atoms with Crippen LogP contribution in [0.4, 0.5) is 0 Å². The van der Waals surface area contributed by atoms with Crippen LogP contribution in [0.5, 0.6) is 5.75 Å². The Morgan fingerprint density at radius 2 is 1.80 bits per heavy atom. The zero-order valence-electron chi connectivity index (χ0n) is 30.6. The smallest absolute Gasteiger partial charge is 0.305 e. The molecule has 4 fully saturated rings. The van der Waals surface area contributed by atoms with Crippen LogP contribution < -0.4 is 4.74 Å². The highest BCUT2D eigenvalue weighted by Crippen LogP contribution is 2.44. The summed E-state index contributed by atoms with van der Waals surface area (Å²) in [5.74, 6) is -1.45. The van der Waals surface area contributed by atoms with Crippen LogP contribution in [0.25, 0.3) is 0 Å². The number of aliphatic hydroxyl groups is 1. The van der Waals surface area contributed by atoms with E-state index < -0.39 is 29.4 Å². The number of methoxy groups -OCH3 is 2. The first-order valence-corrected chi connectivity index (χ1v) is 17.8. The van der Waals surface area contributed by atoms with Gasteiger partial charge in [0.15, 0.2) is 11.6 Å². The largest absolute Gasteiger partial charge is 0.497 e. The molecule has 10 atom stereocenters. The Morgan fingerprint density at radius 3 is 2.45 bits per heavy atom. The molecular weight excluding hydrogens is 632 g/mol. The Morgan fingerprint density at radius 1 is 1.06 bits per heavy atom. The molecule has 0 amide bonds. The van der Waals surface area contributed by atoms with E-state index in [1.807, 2.05) is 58.9 Å². The van der Waals surface area contributed by atoms with E-state index in [0.29, 0.717) is 44.7 Å². The Labute approximate surface area is 291 Å². The van der Waals surface area contributed by atoms with E-state index in [1.165, 1.54) is 7.11 Å². The van der Waals surface area contributed by atoms with Gasteiger partial charge in [-0.2, -0.15) is 0 Å². The number of rotatable bonds is 13. The number of benzene rings is 1. The van der Waals surface area contributed by atoms with Crippen LogP contribution in [-0.2, 0) is 49.3 Å². The minimum absolute atomic E-state index is 0.0258. The number of hydrogen-bond donors (Lipinski definition) is 1. The Hall–Kier alpha value is -2.09. The first kappa shape index (κ1) is 38.1. The molecule has 0 radical (unpaired) electrons. The van der Waals surface area contributed by atoms with E-state index in [1.54, 1.807) is 7.11 Å². The van der Waals surface area contributed by atoms with Gasteiger partial charge in [-0.1, -0.05) is 32.6 Å². The molecule has 0 aliphatic carbocycles. The molecule has 2 unspecified atom stereocenters. The predicted molar refractivity (Wildman–Crippen MR) is 181 cm³/mol. The summed E-state index contributed by atoms with van der Waals surface area (Å²) >= 11 is 0. The lowest BCUT2D eigenvalue weighted by molar-refractivity contribution is -0.298. The molecule has 0 spiro atoms. The summed E-state index contributed by atoms with van der Waals surface area (Å²) in [6, 6.07) is 7.80. The highest BCUT2D eigenvalue weighted by atomic mass is 16.8. The molecule has 276 valence electrons. The zero-order chi connectivity index (χ0) is 35.6. The topological polar surface area (TPSA) is 120 Å². The van der Waals surface area contributed by atoms with Crippen LogP contribution in [0.3, 0.4) is 0 Å². The maximum Gasteiger partial charge on any atom is 0.305 e. The van der Waals surface area contributed by atoms with Crippen molar-refractivity contribution in [1.82, 2.24) is 0 Å². The molecule has 1 aromatic rings. The molecule has 1 aromatic carbocycles. The molecule has 11 nitrogen and oxygen atoms in total. The minimum atomic E-state index is -0.987. The summed E-state index contributed by atoms with van der Waals surface area (Å²) in [4.78, 5) is 12.0. The van der Waals surface area contributed by atoms with Crippen LogP contribution in [0.1, 0.15) is 85.6 Å². The second kappa shape index (κ2) is 15.7. The summed E-state index contributed by atoms with van der Waals surface area (Å²) in [7, 11) is 3.02. The van der Waals surface area contributed by atoms with E-state index in [9.17, 15) is 9.90 Å². The number of esters is 1. The van der Waals surface area contributed by atoms with Crippen LogP contribution in [0, 0.1) is 11.8 Å². The molecule has 4 aliphatic rings. The van der Waals surface area contributed by atoms with Crippen molar-refractivity contribution in [3.05, 3.63) is 42.0 Å². The second-order valence-corrected chi connectivity index (χ2v) is 15.3. The van der Waals surface area contributed by atoms with Gasteiger partial charge < -0.3 is 47.7 Å². The van der Waals surface area contributed by atoms with Crippen molar-refractivity contribution in [2.45, 2.75) is 147 Å². The van der Waals surface area contributed by atoms with Gasteiger partial charge in [0.25, 0.3) is 0 Å².